The Morgan fingerprint density at radius 1 is 1.69 bits per heavy atom. The van der Waals surface area contributed by atoms with E-state index in [1.807, 2.05) is 0 Å². The van der Waals surface area contributed by atoms with Gasteiger partial charge in [-0.3, -0.25) is 4.98 Å². The average Bonchev–Trinajstić information content (AvgIpc) is 2.15. The van der Waals surface area contributed by atoms with E-state index in [2.05, 4.69) is 10.9 Å². The number of aromatic nitrogens is 1. The Labute approximate surface area is 76.4 Å². The first-order chi connectivity index (χ1) is 6.25. The zero-order valence-electron chi connectivity index (χ0n) is 7.07. The molecule has 13 heavy (non-hydrogen) atoms. The minimum atomic E-state index is -0.905. The Balaban J connectivity index is 2.72. The molecule has 1 N–H and O–H groups in total. The monoisotopic (exact) mass is 179 g/mol. The Bertz CT molecular complexity index is 319. The second-order valence-corrected chi connectivity index (χ2v) is 2.63. The predicted molar refractivity (Wildman–Crippen MR) is 47.2 cm³/mol. The molecule has 1 unspecified atom stereocenters. The molecule has 68 valence electrons. The normalized spacial score (nSPS) is 12.1. The fourth-order valence-electron chi connectivity index (χ4n) is 1.000. The van der Waals surface area contributed by atoms with E-state index in [1.165, 1.54) is 18.3 Å². The van der Waals surface area contributed by atoms with Crippen LogP contribution in [0, 0.1) is 18.2 Å². The van der Waals surface area contributed by atoms with Crippen molar-refractivity contribution in [3.63, 3.8) is 0 Å². The summed E-state index contributed by atoms with van der Waals surface area (Å²) in [6.07, 6.45) is 6.31. The van der Waals surface area contributed by atoms with Crippen molar-refractivity contribution >= 4 is 0 Å². The van der Waals surface area contributed by atoms with Gasteiger partial charge in [-0.05, 0) is 18.6 Å². The summed E-state index contributed by atoms with van der Waals surface area (Å²) >= 11 is 0. The molecule has 0 bridgehead atoms. The van der Waals surface area contributed by atoms with E-state index >= 15 is 0 Å². The maximum absolute atomic E-state index is 13.0. The highest BCUT2D eigenvalue weighted by atomic mass is 19.1. The molecule has 1 aromatic heterocycles. The minimum absolute atomic E-state index is 0.0674. The molecule has 0 saturated heterocycles. The molecule has 1 heterocycles. The van der Waals surface area contributed by atoms with Gasteiger partial charge in [-0.25, -0.2) is 4.39 Å². The molecule has 0 aliphatic rings. The van der Waals surface area contributed by atoms with Gasteiger partial charge in [0.1, 0.15) is 11.5 Å². The van der Waals surface area contributed by atoms with Gasteiger partial charge in [0.05, 0.1) is 6.10 Å². The number of pyridine rings is 1. The molecule has 0 spiro atoms. The third-order valence-electron chi connectivity index (χ3n) is 1.66. The first kappa shape index (κ1) is 9.69. The Morgan fingerprint density at radius 3 is 3.08 bits per heavy atom. The van der Waals surface area contributed by atoms with E-state index in [0.717, 1.165) is 0 Å². The van der Waals surface area contributed by atoms with Crippen LogP contribution in [-0.4, -0.2) is 10.1 Å². The van der Waals surface area contributed by atoms with Gasteiger partial charge >= 0.3 is 0 Å². The van der Waals surface area contributed by atoms with E-state index in [9.17, 15) is 9.50 Å². The number of rotatable bonds is 3. The van der Waals surface area contributed by atoms with Crippen LogP contribution in [-0.2, 0) is 0 Å². The maximum Gasteiger partial charge on any atom is 0.147 e. The van der Waals surface area contributed by atoms with Crippen molar-refractivity contribution in [1.82, 2.24) is 4.98 Å². The fraction of sp³-hybridized carbons (Fsp3) is 0.300. The summed E-state index contributed by atoms with van der Waals surface area (Å²) in [5, 5.41) is 9.43. The van der Waals surface area contributed by atoms with Crippen molar-refractivity contribution in [3.05, 3.63) is 29.8 Å². The van der Waals surface area contributed by atoms with Gasteiger partial charge in [0.2, 0.25) is 0 Å². The van der Waals surface area contributed by atoms with Crippen molar-refractivity contribution in [2.75, 3.05) is 0 Å². The first-order valence-corrected chi connectivity index (χ1v) is 3.97. The lowest BCUT2D eigenvalue weighted by molar-refractivity contribution is 0.159. The largest absolute Gasteiger partial charge is 0.387 e. The first-order valence-electron chi connectivity index (χ1n) is 3.97. The third kappa shape index (κ3) is 2.53. The molecule has 0 amide bonds. The van der Waals surface area contributed by atoms with E-state index in [1.54, 1.807) is 0 Å². The van der Waals surface area contributed by atoms with Crippen molar-refractivity contribution in [2.45, 2.75) is 18.9 Å². The van der Waals surface area contributed by atoms with Crippen molar-refractivity contribution in [1.29, 1.82) is 0 Å². The van der Waals surface area contributed by atoms with Gasteiger partial charge in [-0.15, -0.1) is 12.3 Å². The summed E-state index contributed by atoms with van der Waals surface area (Å²) in [4.78, 5) is 3.74. The standard InChI is InChI=1S/C10H10FNO/c1-2-3-6-9(13)10-8(11)5-4-7-12-10/h1,4-5,7,9,13H,3,6H2. The number of halogens is 1. The number of aliphatic hydroxyl groups excluding tert-OH is 1. The summed E-state index contributed by atoms with van der Waals surface area (Å²) < 4.78 is 13.0. The number of nitrogens with zero attached hydrogens (tertiary/aromatic N) is 1. The van der Waals surface area contributed by atoms with Crippen LogP contribution in [0.2, 0.25) is 0 Å². The van der Waals surface area contributed by atoms with E-state index in [4.69, 9.17) is 6.42 Å². The lowest BCUT2D eigenvalue weighted by atomic mass is 10.1. The topological polar surface area (TPSA) is 33.1 Å². The number of hydrogen-bond acceptors (Lipinski definition) is 2. The quantitative estimate of drug-likeness (QED) is 0.716. The van der Waals surface area contributed by atoms with Crippen molar-refractivity contribution in [3.8, 4) is 12.3 Å². The summed E-state index contributed by atoms with van der Waals surface area (Å²) in [5.41, 5.74) is 0.0674. The van der Waals surface area contributed by atoms with Crippen molar-refractivity contribution < 1.29 is 9.50 Å². The lowest BCUT2D eigenvalue weighted by Crippen LogP contribution is -2.02. The van der Waals surface area contributed by atoms with Crippen molar-refractivity contribution in [2.24, 2.45) is 0 Å². The van der Waals surface area contributed by atoms with Crippen LogP contribution in [0.25, 0.3) is 0 Å². The second kappa shape index (κ2) is 4.58. The van der Waals surface area contributed by atoms with Gasteiger partial charge < -0.3 is 5.11 Å². The molecule has 0 aliphatic heterocycles. The molecular weight excluding hydrogens is 169 g/mol. The fourth-order valence-corrected chi connectivity index (χ4v) is 1.000. The van der Waals surface area contributed by atoms with Crippen LogP contribution in [0.3, 0.4) is 0 Å². The van der Waals surface area contributed by atoms with Crippen LogP contribution in [0.4, 0.5) is 4.39 Å². The Kier molecular flexibility index (Phi) is 3.41. The van der Waals surface area contributed by atoms with Crippen LogP contribution < -0.4 is 0 Å². The molecule has 1 aromatic rings. The summed E-state index contributed by atoms with van der Waals surface area (Å²) in [5.74, 6) is 1.88. The highest BCUT2D eigenvalue weighted by Gasteiger charge is 2.12. The molecule has 3 heteroatoms. The Morgan fingerprint density at radius 2 is 2.46 bits per heavy atom. The molecule has 0 fully saturated rings. The van der Waals surface area contributed by atoms with Gasteiger partial charge in [-0.1, -0.05) is 0 Å². The minimum Gasteiger partial charge on any atom is -0.387 e. The molecule has 0 radical (unpaired) electrons. The predicted octanol–water partition coefficient (Wildman–Crippen LogP) is 1.67. The highest BCUT2D eigenvalue weighted by molar-refractivity contribution is 5.10. The molecular formula is C10H10FNO. The van der Waals surface area contributed by atoms with E-state index < -0.39 is 11.9 Å². The van der Waals surface area contributed by atoms with Crippen LogP contribution in [0.5, 0.6) is 0 Å². The van der Waals surface area contributed by atoms with Crippen LogP contribution in [0.1, 0.15) is 24.6 Å². The van der Waals surface area contributed by atoms with Gasteiger partial charge in [0, 0.05) is 12.6 Å². The molecule has 0 aromatic carbocycles. The number of hydrogen-bond donors (Lipinski definition) is 1. The Hall–Kier alpha value is -1.40. The van der Waals surface area contributed by atoms with Crippen LogP contribution in [0.15, 0.2) is 18.3 Å². The van der Waals surface area contributed by atoms with Gasteiger partial charge in [0.25, 0.3) is 0 Å². The zero-order chi connectivity index (χ0) is 9.68. The number of aliphatic hydroxyl groups is 1. The number of terminal acetylenes is 1. The summed E-state index contributed by atoms with van der Waals surface area (Å²) in [6.45, 7) is 0. The summed E-state index contributed by atoms with van der Waals surface area (Å²) in [6, 6.07) is 2.74. The zero-order valence-corrected chi connectivity index (χ0v) is 7.07. The lowest BCUT2D eigenvalue weighted by Gasteiger charge is -2.07. The maximum atomic E-state index is 13.0. The molecule has 0 aliphatic carbocycles. The molecule has 2 nitrogen and oxygen atoms in total. The molecule has 1 rings (SSSR count). The molecule has 0 saturated carbocycles. The summed E-state index contributed by atoms with van der Waals surface area (Å²) in [7, 11) is 0. The van der Waals surface area contributed by atoms with E-state index in [-0.39, 0.29) is 5.69 Å². The van der Waals surface area contributed by atoms with E-state index in [0.29, 0.717) is 12.8 Å². The second-order valence-electron chi connectivity index (χ2n) is 2.63. The van der Waals surface area contributed by atoms with Crippen LogP contribution >= 0.6 is 0 Å². The smallest absolute Gasteiger partial charge is 0.147 e. The SMILES string of the molecule is C#CCCC(O)c1ncccc1F. The van der Waals surface area contributed by atoms with Gasteiger partial charge in [-0.2, -0.15) is 0 Å². The third-order valence-corrected chi connectivity index (χ3v) is 1.66. The average molecular weight is 179 g/mol. The molecule has 1 atom stereocenters. The highest BCUT2D eigenvalue weighted by Crippen LogP contribution is 2.17. The van der Waals surface area contributed by atoms with Gasteiger partial charge in [0.15, 0.2) is 0 Å².